The number of hydrogen-bond donors (Lipinski definition) is 1. The largest absolute Gasteiger partial charge is 0.336 e. The average Bonchev–Trinajstić information content (AvgIpc) is 3.12. The van der Waals surface area contributed by atoms with E-state index >= 15 is 0 Å². The standard InChI is InChI=1S/C19H26N6O/c1-13-5-8-22-25(13)14(2)19(26)24-9-6-17-16(12-24)11-21-18(23-17)15-4-3-7-20-10-15/h5,8,11,14-15,20H,3-4,6-7,9-10,12H2,1-2H3/t14-,15+/m1/s1. The smallest absolute Gasteiger partial charge is 0.247 e. The number of amides is 1. The van der Waals surface area contributed by atoms with Crippen LogP contribution in [0.4, 0.5) is 0 Å². The van der Waals surface area contributed by atoms with Gasteiger partial charge in [0.1, 0.15) is 11.9 Å². The van der Waals surface area contributed by atoms with Crippen LogP contribution in [0.1, 0.15) is 54.5 Å². The molecule has 0 saturated carbocycles. The van der Waals surface area contributed by atoms with Gasteiger partial charge in [-0.15, -0.1) is 0 Å². The first kappa shape index (κ1) is 17.1. The summed E-state index contributed by atoms with van der Waals surface area (Å²) in [5.41, 5.74) is 3.17. The molecular formula is C19H26N6O. The summed E-state index contributed by atoms with van der Waals surface area (Å²) in [4.78, 5) is 24.2. The second-order valence-corrected chi connectivity index (χ2v) is 7.35. The Morgan fingerprint density at radius 3 is 3.04 bits per heavy atom. The van der Waals surface area contributed by atoms with Crippen molar-refractivity contribution >= 4 is 5.91 Å². The molecule has 1 saturated heterocycles. The Morgan fingerprint density at radius 1 is 1.42 bits per heavy atom. The van der Waals surface area contributed by atoms with Gasteiger partial charge in [0.2, 0.25) is 5.91 Å². The van der Waals surface area contributed by atoms with Gasteiger partial charge in [0, 0.05) is 55.6 Å². The lowest BCUT2D eigenvalue weighted by Crippen LogP contribution is -2.40. The second kappa shape index (κ2) is 7.15. The fraction of sp³-hybridized carbons (Fsp3) is 0.579. The van der Waals surface area contributed by atoms with Crippen LogP contribution < -0.4 is 5.32 Å². The van der Waals surface area contributed by atoms with Crippen LogP contribution in [0.15, 0.2) is 18.5 Å². The number of nitrogens with zero attached hydrogens (tertiary/aromatic N) is 5. The van der Waals surface area contributed by atoms with Gasteiger partial charge in [-0.25, -0.2) is 9.97 Å². The third-order valence-electron chi connectivity index (χ3n) is 5.52. The first-order valence-corrected chi connectivity index (χ1v) is 9.48. The van der Waals surface area contributed by atoms with Gasteiger partial charge in [-0.1, -0.05) is 0 Å². The molecule has 0 bridgehead atoms. The maximum absolute atomic E-state index is 12.9. The van der Waals surface area contributed by atoms with Crippen LogP contribution in [-0.2, 0) is 17.8 Å². The molecular weight excluding hydrogens is 328 g/mol. The molecule has 2 atom stereocenters. The van der Waals surface area contributed by atoms with E-state index in [1.54, 1.807) is 10.9 Å². The Balaban J connectivity index is 1.47. The third-order valence-corrected chi connectivity index (χ3v) is 5.52. The van der Waals surface area contributed by atoms with E-state index in [1.807, 2.05) is 31.0 Å². The van der Waals surface area contributed by atoms with Crippen LogP contribution in [0, 0.1) is 6.92 Å². The lowest BCUT2D eigenvalue weighted by molar-refractivity contribution is -0.135. The normalized spacial score (nSPS) is 21.3. The van der Waals surface area contributed by atoms with Gasteiger partial charge in [-0.05, 0) is 39.3 Å². The van der Waals surface area contributed by atoms with Crippen LogP contribution >= 0.6 is 0 Å². The number of carbonyl (C=O) groups is 1. The van der Waals surface area contributed by atoms with E-state index in [-0.39, 0.29) is 11.9 Å². The highest BCUT2D eigenvalue weighted by molar-refractivity contribution is 5.80. The van der Waals surface area contributed by atoms with Crippen LogP contribution in [0.2, 0.25) is 0 Å². The zero-order valence-electron chi connectivity index (χ0n) is 15.5. The van der Waals surface area contributed by atoms with E-state index in [0.29, 0.717) is 19.0 Å². The number of hydrogen-bond acceptors (Lipinski definition) is 5. The minimum Gasteiger partial charge on any atom is -0.336 e. The predicted molar refractivity (Wildman–Crippen MR) is 97.7 cm³/mol. The maximum Gasteiger partial charge on any atom is 0.247 e. The topological polar surface area (TPSA) is 75.9 Å². The van der Waals surface area contributed by atoms with Gasteiger partial charge < -0.3 is 10.2 Å². The summed E-state index contributed by atoms with van der Waals surface area (Å²) in [6.45, 7) is 7.22. The molecule has 2 aliphatic rings. The molecule has 0 radical (unpaired) electrons. The Hall–Kier alpha value is -2.28. The lowest BCUT2D eigenvalue weighted by Gasteiger charge is -2.31. The molecule has 4 rings (SSSR count). The van der Waals surface area contributed by atoms with E-state index in [0.717, 1.165) is 48.7 Å². The third kappa shape index (κ3) is 3.23. The predicted octanol–water partition coefficient (Wildman–Crippen LogP) is 1.59. The summed E-state index contributed by atoms with van der Waals surface area (Å²) in [5, 5.41) is 7.70. The first-order chi connectivity index (χ1) is 12.6. The highest BCUT2D eigenvalue weighted by Gasteiger charge is 2.28. The second-order valence-electron chi connectivity index (χ2n) is 7.35. The van der Waals surface area contributed by atoms with Crippen molar-refractivity contribution in [3.8, 4) is 0 Å². The molecule has 26 heavy (non-hydrogen) atoms. The molecule has 0 aliphatic carbocycles. The summed E-state index contributed by atoms with van der Waals surface area (Å²) >= 11 is 0. The Kier molecular flexibility index (Phi) is 4.72. The Bertz CT molecular complexity index is 795. The number of rotatable bonds is 3. The van der Waals surface area contributed by atoms with E-state index < -0.39 is 0 Å². The monoisotopic (exact) mass is 354 g/mol. The highest BCUT2D eigenvalue weighted by atomic mass is 16.2. The maximum atomic E-state index is 12.9. The van der Waals surface area contributed by atoms with Crippen LogP contribution in [0.3, 0.4) is 0 Å². The van der Waals surface area contributed by atoms with Crippen molar-refractivity contribution < 1.29 is 4.79 Å². The Labute approximate surface area is 153 Å². The number of nitrogens with one attached hydrogen (secondary N) is 1. The lowest BCUT2D eigenvalue weighted by atomic mass is 9.98. The van der Waals surface area contributed by atoms with Crippen LogP contribution in [0.5, 0.6) is 0 Å². The highest BCUT2D eigenvalue weighted by Crippen LogP contribution is 2.24. The van der Waals surface area contributed by atoms with Gasteiger partial charge in [0.05, 0.1) is 5.69 Å². The minimum atomic E-state index is -0.292. The zero-order valence-corrected chi connectivity index (χ0v) is 15.5. The van der Waals surface area contributed by atoms with Crippen molar-refractivity contribution in [3.05, 3.63) is 41.2 Å². The summed E-state index contributed by atoms with van der Waals surface area (Å²) in [7, 11) is 0. The number of piperidine rings is 1. The molecule has 7 nitrogen and oxygen atoms in total. The van der Waals surface area contributed by atoms with E-state index in [2.05, 4.69) is 15.4 Å². The van der Waals surface area contributed by atoms with E-state index in [9.17, 15) is 4.79 Å². The summed E-state index contributed by atoms with van der Waals surface area (Å²) < 4.78 is 1.79. The van der Waals surface area contributed by atoms with Gasteiger partial charge in [0.15, 0.2) is 0 Å². The van der Waals surface area contributed by atoms with Crippen molar-refractivity contribution in [1.82, 2.24) is 30.0 Å². The fourth-order valence-electron chi connectivity index (χ4n) is 3.94. The average molecular weight is 354 g/mol. The van der Waals surface area contributed by atoms with E-state index in [1.165, 1.54) is 6.42 Å². The van der Waals surface area contributed by atoms with Crippen molar-refractivity contribution in [3.63, 3.8) is 0 Å². The molecule has 0 spiro atoms. The first-order valence-electron chi connectivity index (χ1n) is 9.48. The van der Waals surface area contributed by atoms with Crippen molar-refractivity contribution in [2.45, 2.75) is 51.6 Å². The SMILES string of the molecule is Cc1ccnn1[C@H](C)C(=O)N1CCc2nc([C@H]3CCCNC3)ncc2C1. The molecule has 138 valence electrons. The number of aryl methyl sites for hydroxylation is 1. The van der Waals surface area contributed by atoms with Crippen molar-refractivity contribution in [2.75, 3.05) is 19.6 Å². The summed E-state index contributed by atoms with van der Waals surface area (Å²) in [6.07, 6.45) is 6.78. The van der Waals surface area contributed by atoms with Gasteiger partial charge >= 0.3 is 0 Å². The molecule has 1 fully saturated rings. The quantitative estimate of drug-likeness (QED) is 0.906. The van der Waals surface area contributed by atoms with Crippen LogP contribution in [-0.4, -0.2) is 50.2 Å². The van der Waals surface area contributed by atoms with Crippen molar-refractivity contribution in [1.29, 1.82) is 0 Å². The molecule has 7 heteroatoms. The number of aromatic nitrogens is 4. The molecule has 1 N–H and O–H groups in total. The minimum absolute atomic E-state index is 0.100. The summed E-state index contributed by atoms with van der Waals surface area (Å²) in [5.74, 6) is 1.47. The van der Waals surface area contributed by atoms with Gasteiger partial charge in [0.25, 0.3) is 0 Å². The molecule has 0 aromatic carbocycles. The molecule has 2 aromatic heterocycles. The summed E-state index contributed by atoms with van der Waals surface area (Å²) in [6, 6.07) is 1.63. The van der Waals surface area contributed by atoms with E-state index in [4.69, 9.17) is 4.98 Å². The fourth-order valence-corrected chi connectivity index (χ4v) is 3.94. The number of fused-ring (bicyclic) bond motifs is 1. The molecule has 2 aliphatic heterocycles. The molecule has 1 amide bonds. The zero-order chi connectivity index (χ0) is 18.1. The Morgan fingerprint density at radius 2 is 2.31 bits per heavy atom. The molecule has 4 heterocycles. The van der Waals surface area contributed by atoms with Gasteiger partial charge in [-0.2, -0.15) is 5.10 Å². The molecule has 2 aromatic rings. The van der Waals surface area contributed by atoms with Crippen molar-refractivity contribution in [2.24, 2.45) is 0 Å². The van der Waals surface area contributed by atoms with Crippen LogP contribution in [0.25, 0.3) is 0 Å². The number of carbonyl (C=O) groups excluding carboxylic acids is 1. The van der Waals surface area contributed by atoms with Gasteiger partial charge in [-0.3, -0.25) is 9.48 Å². The molecule has 0 unspecified atom stereocenters.